The summed E-state index contributed by atoms with van der Waals surface area (Å²) in [5, 5.41) is 12.3. The minimum atomic E-state index is -1.45. The van der Waals surface area contributed by atoms with Gasteiger partial charge in [0.05, 0.1) is 11.8 Å². The molecule has 5 rings (SSSR count). The van der Waals surface area contributed by atoms with E-state index in [1.165, 1.54) is 0 Å². The van der Waals surface area contributed by atoms with Crippen LogP contribution in [0.4, 0.5) is 13.6 Å². The maximum Gasteiger partial charge on any atom is 0.410 e. The molecule has 2 aromatic carbocycles. The number of aromatic nitrogens is 1. The number of carbonyl (C=O) groups is 6. The molecule has 3 atom stereocenters. The lowest BCUT2D eigenvalue weighted by Gasteiger charge is -2.42. The van der Waals surface area contributed by atoms with Crippen LogP contribution in [0.1, 0.15) is 65.3 Å². The van der Waals surface area contributed by atoms with Crippen molar-refractivity contribution < 1.29 is 47.4 Å². The number of carboxylic acids is 1. The van der Waals surface area contributed by atoms with Crippen LogP contribution in [0.3, 0.4) is 0 Å². The molecule has 16 heteroatoms. The van der Waals surface area contributed by atoms with Gasteiger partial charge in [-0.1, -0.05) is 51.1 Å². The molecule has 0 radical (unpaired) electrons. The average Bonchev–Trinajstić information content (AvgIpc) is 3.87. The molecule has 3 aromatic rings. The van der Waals surface area contributed by atoms with E-state index < -0.39 is 71.1 Å². The fourth-order valence-corrected chi connectivity index (χ4v) is 8.13. The van der Waals surface area contributed by atoms with Crippen molar-refractivity contribution in [1.82, 2.24) is 24.6 Å². The molecule has 5 amide bonds. The predicted molar refractivity (Wildman–Crippen MR) is 218 cm³/mol. The Labute approximate surface area is 346 Å². The van der Waals surface area contributed by atoms with Crippen molar-refractivity contribution in [3.63, 3.8) is 0 Å². The highest BCUT2D eigenvalue weighted by Gasteiger charge is 2.40. The van der Waals surface area contributed by atoms with Gasteiger partial charge < -0.3 is 29.5 Å². The first-order chi connectivity index (χ1) is 27.7. The Bertz CT molecular complexity index is 2080. The number of carbonyl (C=O) groups excluding carboxylic acids is 5. The highest BCUT2D eigenvalue weighted by Crippen LogP contribution is 2.42. The van der Waals surface area contributed by atoms with Crippen LogP contribution >= 0.6 is 11.8 Å². The molecule has 0 spiro atoms. The Hall–Kier alpha value is -5.51. The molecule has 316 valence electrons. The van der Waals surface area contributed by atoms with E-state index in [0.717, 1.165) is 47.7 Å². The number of nitrogens with one attached hydrogen (secondary N) is 1. The van der Waals surface area contributed by atoms with Crippen molar-refractivity contribution in [3.8, 4) is 11.1 Å². The lowest BCUT2D eigenvalue weighted by atomic mass is 9.82. The number of amides is 5. The molecular formula is C43H51F2N5O8S. The Balaban J connectivity index is 1.47. The second-order valence-corrected chi connectivity index (χ2v) is 17.9. The van der Waals surface area contributed by atoms with Crippen molar-refractivity contribution in [3.05, 3.63) is 95.8 Å². The van der Waals surface area contributed by atoms with Crippen molar-refractivity contribution in [2.75, 3.05) is 37.7 Å². The lowest BCUT2D eigenvalue weighted by molar-refractivity contribution is -0.143. The zero-order chi connectivity index (χ0) is 43.2. The average molecular weight is 836 g/mol. The molecule has 3 unspecified atom stereocenters. The smallest absolute Gasteiger partial charge is 0.410 e. The minimum Gasteiger partial charge on any atom is -0.480 e. The second-order valence-electron chi connectivity index (χ2n) is 16.9. The van der Waals surface area contributed by atoms with Crippen molar-refractivity contribution in [2.24, 2.45) is 11.3 Å². The van der Waals surface area contributed by atoms with Crippen LogP contribution in [0.5, 0.6) is 0 Å². The van der Waals surface area contributed by atoms with E-state index in [4.69, 9.17) is 4.74 Å². The Morgan fingerprint density at radius 1 is 0.983 bits per heavy atom. The highest BCUT2D eigenvalue weighted by molar-refractivity contribution is 8.00. The third kappa shape index (κ3) is 11.8. The maximum atomic E-state index is 15.3. The van der Waals surface area contributed by atoms with Crippen molar-refractivity contribution in [2.45, 2.75) is 72.2 Å². The van der Waals surface area contributed by atoms with Crippen LogP contribution < -0.4 is 5.32 Å². The number of thioether (sulfide) groups is 1. The van der Waals surface area contributed by atoms with E-state index in [0.29, 0.717) is 42.2 Å². The molecule has 3 heterocycles. The van der Waals surface area contributed by atoms with E-state index in [9.17, 15) is 38.3 Å². The summed E-state index contributed by atoms with van der Waals surface area (Å²) in [7, 11) is 0. The quantitative estimate of drug-likeness (QED) is 0.178. The van der Waals surface area contributed by atoms with E-state index in [2.05, 4.69) is 5.32 Å². The van der Waals surface area contributed by atoms with Gasteiger partial charge in [-0.3, -0.25) is 24.1 Å². The van der Waals surface area contributed by atoms with Crippen LogP contribution in [-0.4, -0.2) is 109 Å². The van der Waals surface area contributed by atoms with Crippen LogP contribution in [-0.2, 0) is 35.3 Å². The first-order valence-corrected chi connectivity index (χ1v) is 20.5. The molecule has 2 N–H and O–H groups in total. The van der Waals surface area contributed by atoms with Crippen molar-refractivity contribution in [1.29, 1.82) is 0 Å². The van der Waals surface area contributed by atoms with Gasteiger partial charge in [-0.2, -0.15) is 0 Å². The fourth-order valence-electron chi connectivity index (χ4n) is 7.21. The largest absolute Gasteiger partial charge is 0.480 e. The molecule has 1 fully saturated rings. The molecule has 1 aromatic heterocycles. The monoisotopic (exact) mass is 835 g/mol. The maximum absolute atomic E-state index is 15.3. The summed E-state index contributed by atoms with van der Waals surface area (Å²) < 4.78 is 37.4. The number of halogens is 2. The SMILES string of the molecule is CC(C)(C)OC(=O)N1CCC(CN(C(=O)CSCC(NC(=O)CN2C(=O)C=CC2=O)C(=O)O)C(c2cc(-c3cc(F)ccc3F)cn2Cc2ccccc2)C(C)(C)C)C1. The molecule has 2 aliphatic rings. The summed E-state index contributed by atoms with van der Waals surface area (Å²) in [5.41, 5.74) is 0.676. The summed E-state index contributed by atoms with van der Waals surface area (Å²) in [6, 6.07) is 12.5. The van der Waals surface area contributed by atoms with Gasteiger partial charge in [0.15, 0.2) is 0 Å². The van der Waals surface area contributed by atoms with E-state index in [1.807, 2.05) is 55.7 Å². The zero-order valence-corrected chi connectivity index (χ0v) is 34.9. The van der Waals surface area contributed by atoms with Gasteiger partial charge in [0, 0.05) is 67.1 Å². The minimum absolute atomic E-state index is 0.0550. The summed E-state index contributed by atoms with van der Waals surface area (Å²) in [6.07, 6.45) is 3.89. The number of hydrogen-bond acceptors (Lipinski definition) is 8. The number of carboxylic acid groups (broad SMARTS) is 1. The summed E-state index contributed by atoms with van der Waals surface area (Å²) >= 11 is 0.988. The molecule has 2 aliphatic heterocycles. The molecule has 0 saturated carbocycles. The van der Waals surface area contributed by atoms with Gasteiger partial charge in [0.2, 0.25) is 11.8 Å². The molecule has 13 nitrogen and oxygen atoms in total. The fraction of sp³-hybridized carbons (Fsp3) is 0.442. The standard InChI is InChI=1S/C43H51F2N5O8S/c1-42(2,3)39(34-18-29(31-19-30(44)12-13-32(31)45)23-48(34)20-27-10-8-7-9-11-27)50(22-28-16-17-47(21-28)41(57)58-43(4,5)6)38(54)26-59-25-33(40(55)56)46-35(51)24-49-36(52)14-15-37(49)53/h7-15,18-19,23,28,33,39H,16-17,20-22,24-26H2,1-6H3,(H,46,51)(H,55,56). The molecule has 0 bridgehead atoms. The first kappa shape index (κ1) is 44.6. The Morgan fingerprint density at radius 2 is 1.66 bits per heavy atom. The van der Waals surface area contributed by atoms with Crippen LogP contribution in [0.2, 0.25) is 0 Å². The van der Waals surface area contributed by atoms with Crippen LogP contribution in [0, 0.1) is 23.0 Å². The first-order valence-electron chi connectivity index (χ1n) is 19.3. The van der Waals surface area contributed by atoms with E-state index in [1.54, 1.807) is 42.8 Å². The van der Waals surface area contributed by atoms with Crippen LogP contribution in [0.25, 0.3) is 11.1 Å². The van der Waals surface area contributed by atoms with Crippen LogP contribution in [0.15, 0.2) is 72.9 Å². The topological polar surface area (TPSA) is 159 Å². The van der Waals surface area contributed by atoms with Gasteiger partial charge in [-0.25, -0.2) is 18.4 Å². The number of rotatable bonds is 15. The molecular weight excluding hydrogens is 785 g/mol. The molecule has 0 aliphatic carbocycles. The van der Waals surface area contributed by atoms with E-state index in [-0.39, 0.29) is 35.4 Å². The van der Waals surface area contributed by atoms with Gasteiger partial charge in [0.1, 0.15) is 29.8 Å². The predicted octanol–water partition coefficient (Wildman–Crippen LogP) is 5.88. The third-order valence-corrected chi connectivity index (χ3v) is 10.9. The molecule has 59 heavy (non-hydrogen) atoms. The lowest BCUT2D eigenvalue weighted by Crippen LogP contribution is -2.48. The Morgan fingerprint density at radius 3 is 2.29 bits per heavy atom. The van der Waals surface area contributed by atoms with Gasteiger partial charge in [0.25, 0.3) is 11.8 Å². The van der Waals surface area contributed by atoms with Gasteiger partial charge in [-0.15, -0.1) is 11.8 Å². The number of nitrogens with zero attached hydrogens (tertiary/aromatic N) is 4. The summed E-state index contributed by atoms with van der Waals surface area (Å²) in [4.78, 5) is 80.5. The normalized spacial score (nSPS) is 16.6. The highest BCUT2D eigenvalue weighted by atomic mass is 32.2. The van der Waals surface area contributed by atoms with E-state index >= 15 is 4.39 Å². The Kier molecular flexibility index (Phi) is 14.1. The second kappa shape index (κ2) is 18.6. The number of likely N-dealkylation sites (tertiary alicyclic amines) is 1. The van der Waals surface area contributed by atoms with Gasteiger partial charge >= 0.3 is 12.1 Å². The number of imide groups is 1. The summed E-state index contributed by atoms with van der Waals surface area (Å²) in [6.45, 7) is 11.9. The van der Waals surface area contributed by atoms with Crippen molar-refractivity contribution >= 4 is 47.5 Å². The molecule has 1 saturated heterocycles. The number of hydrogen-bond donors (Lipinski definition) is 2. The van der Waals surface area contributed by atoms with Gasteiger partial charge in [-0.05, 0) is 68.4 Å². The number of aliphatic carboxylic acids is 1. The number of ether oxygens (including phenoxy) is 1. The third-order valence-electron chi connectivity index (χ3n) is 9.84. The zero-order valence-electron chi connectivity index (χ0n) is 34.1. The number of benzene rings is 2. The summed E-state index contributed by atoms with van der Waals surface area (Å²) in [5.74, 6) is -5.78.